The second-order valence-corrected chi connectivity index (χ2v) is 6.43. The molecule has 0 bridgehead atoms. The lowest BCUT2D eigenvalue weighted by atomic mass is 10.2. The molecule has 3 nitrogen and oxygen atoms in total. The molecule has 0 aliphatic rings. The van der Waals surface area contributed by atoms with Crippen LogP contribution >= 0.6 is 22.6 Å². The molecule has 0 spiro atoms. The zero-order chi connectivity index (χ0) is 14.3. The first kappa shape index (κ1) is 13.4. The minimum atomic E-state index is 0.349. The number of halogens is 1. The van der Waals surface area contributed by atoms with Gasteiger partial charge in [-0.05, 0) is 59.0 Å². The quantitative estimate of drug-likeness (QED) is 0.534. The molecule has 102 valence electrons. The van der Waals surface area contributed by atoms with Crippen LogP contribution < -0.4 is 5.73 Å². The molecule has 1 heterocycles. The van der Waals surface area contributed by atoms with E-state index in [4.69, 9.17) is 10.7 Å². The molecular formula is C16H16IN3. The predicted octanol–water partition coefficient (Wildman–Crippen LogP) is 4.34. The lowest BCUT2D eigenvalue weighted by Crippen LogP contribution is -2.03. The number of hydrogen-bond donors (Lipinski definition) is 1. The molecule has 0 saturated heterocycles. The van der Waals surface area contributed by atoms with Gasteiger partial charge in [0.15, 0.2) is 0 Å². The average molecular weight is 377 g/mol. The third-order valence-electron chi connectivity index (χ3n) is 3.29. The Bertz CT molecular complexity index is 774. The van der Waals surface area contributed by atoms with E-state index in [-0.39, 0.29) is 0 Å². The van der Waals surface area contributed by atoms with Crippen molar-refractivity contribution in [3.05, 3.63) is 51.9 Å². The van der Waals surface area contributed by atoms with Crippen molar-refractivity contribution >= 4 is 39.3 Å². The molecule has 3 aromatic rings. The molecule has 0 saturated carbocycles. The molecule has 0 unspecified atom stereocenters. The number of aromatic nitrogens is 2. The standard InChI is InChI=1S/C16H16IN3/c1-10(2)16-19-14-9-12(18)6-7-15(14)20(16)13-5-3-4-11(17)8-13/h3-10H,18H2,1-2H3. The Morgan fingerprint density at radius 2 is 1.95 bits per heavy atom. The van der Waals surface area contributed by atoms with Gasteiger partial charge in [-0.15, -0.1) is 0 Å². The summed E-state index contributed by atoms with van der Waals surface area (Å²) in [6.45, 7) is 4.32. The number of rotatable bonds is 2. The molecule has 4 heteroatoms. The van der Waals surface area contributed by atoms with Gasteiger partial charge in [0, 0.05) is 20.9 Å². The molecule has 2 N–H and O–H groups in total. The van der Waals surface area contributed by atoms with Gasteiger partial charge in [-0.1, -0.05) is 19.9 Å². The molecule has 0 radical (unpaired) electrons. The van der Waals surface area contributed by atoms with E-state index in [1.807, 2.05) is 18.2 Å². The van der Waals surface area contributed by atoms with Crippen molar-refractivity contribution < 1.29 is 0 Å². The van der Waals surface area contributed by atoms with Gasteiger partial charge < -0.3 is 5.73 Å². The first-order chi connectivity index (χ1) is 9.56. The second-order valence-electron chi connectivity index (χ2n) is 5.19. The highest BCUT2D eigenvalue weighted by molar-refractivity contribution is 14.1. The zero-order valence-corrected chi connectivity index (χ0v) is 13.6. The number of anilines is 1. The third-order valence-corrected chi connectivity index (χ3v) is 3.96. The summed E-state index contributed by atoms with van der Waals surface area (Å²) < 4.78 is 3.44. The minimum Gasteiger partial charge on any atom is -0.399 e. The Labute approximate surface area is 132 Å². The van der Waals surface area contributed by atoms with Gasteiger partial charge in [-0.25, -0.2) is 4.98 Å². The summed E-state index contributed by atoms with van der Waals surface area (Å²) in [5.74, 6) is 1.41. The van der Waals surface area contributed by atoms with Crippen molar-refractivity contribution in [1.82, 2.24) is 9.55 Å². The molecule has 0 atom stereocenters. The van der Waals surface area contributed by atoms with Crippen molar-refractivity contribution in [2.45, 2.75) is 19.8 Å². The lowest BCUT2D eigenvalue weighted by molar-refractivity contribution is 0.759. The van der Waals surface area contributed by atoms with E-state index in [2.05, 4.69) is 65.3 Å². The maximum Gasteiger partial charge on any atom is 0.117 e. The minimum absolute atomic E-state index is 0.349. The largest absolute Gasteiger partial charge is 0.399 e. The van der Waals surface area contributed by atoms with Gasteiger partial charge in [0.25, 0.3) is 0 Å². The summed E-state index contributed by atoms with van der Waals surface area (Å²) in [7, 11) is 0. The first-order valence-corrected chi connectivity index (χ1v) is 7.68. The van der Waals surface area contributed by atoms with Gasteiger partial charge in [0.1, 0.15) is 5.82 Å². The fourth-order valence-corrected chi connectivity index (χ4v) is 2.92. The van der Waals surface area contributed by atoms with Gasteiger partial charge in [-0.3, -0.25) is 4.57 Å². The highest BCUT2D eigenvalue weighted by Crippen LogP contribution is 2.27. The average Bonchev–Trinajstić information content (AvgIpc) is 2.77. The molecule has 0 aliphatic carbocycles. The van der Waals surface area contributed by atoms with Crippen molar-refractivity contribution in [1.29, 1.82) is 0 Å². The predicted molar refractivity (Wildman–Crippen MR) is 92.3 cm³/mol. The number of nitrogen functional groups attached to an aromatic ring is 1. The Hall–Kier alpha value is -1.56. The summed E-state index contributed by atoms with van der Waals surface area (Å²) in [5, 5.41) is 0. The lowest BCUT2D eigenvalue weighted by Gasteiger charge is -2.12. The molecule has 0 amide bonds. The number of fused-ring (bicyclic) bond motifs is 1. The Morgan fingerprint density at radius 1 is 1.15 bits per heavy atom. The van der Waals surface area contributed by atoms with E-state index in [0.717, 1.165) is 28.2 Å². The van der Waals surface area contributed by atoms with Crippen LogP contribution in [-0.4, -0.2) is 9.55 Å². The van der Waals surface area contributed by atoms with Gasteiger partial charge in [0.2, 0.25) is 0 Å². The fraction of sp³-hybridized carbons (Fsp3) is 0.188. The van der Waals surface area contributed by atoms with Crippen LogP contribution in [-0.2, 0) is 0 Å². The number of nitrogens with zero attached hydrogens (tertiary/aromatic N) is 2. The normalized spacial score (nSPS) is 11.4. The topological polar surface area (TPSA) is 43.8 Å². The van der Waals surface area contributed by atoms with E-state index in [1.54, 1.807) is 0 Å². The molecule has 2 aromatic carbocycles. The smallest absolute Gasteiger partial charge is 0.117 e. The fourth-order valence-electron chi connectivity index (χ4n) is 2.39. The van der Waals surface area contributed by atoms with Crippen LogP contribution in [0.5, 0.6) is 0 Å². The number of hydrogen-bond acceptors (Lipinski definition) is 2. The molecular weight excluding hydrogens is 361 g/mol. The monoisotopic (exact) mass is 377 g/mol. The summed E-state index contributed by atoms with van der Waals surface area (Å²) in [4.78, 5) is 4.76. The Balaban J connectivity index is 2.34. The van der Waals surface area contributed by atoms with Crippen molar-refractivity contribution in [2.24, 2.45) is 0 Å². The van der Waals surface area contributed by atoms with E-state index < -0.39 is 0 Å². The highest BCUT2D eigenvalue weighted by Gasteiger charge is 2.15. The van der Waals surface area contributed by atoms with Gasteiger partial charge in [0.05, 0.1) is 11.0 Å². The van der Waals surface area contributed by atoms with Crippen LogP contribution in [0.2, 0.25) is 0 Å². The molecule has 3 rings (SSSR count). The summed E-state index contributed by atoms with van der Waals surface area (Å²) >= 11 is 2.33. The Morgan fingerprint density at radius 3 is 2.65 bits per heavy atom. The molecule has 20 heavy (non-hydrogen) atoms. The van der Waals surface area contributed by atoms with Crippen molar-refractivity contribution in [3.63, 3.8) is 0 Å². The van der Waals surface area contributed by atoms with Crippen molar-refractivity contribution in [3.8, 4) is 5.69 Å². The van der Waals surface area contributed by atoms with Crippen LogP contribution in [0.4, 0.5) is 5.69 Å². The third kappa shape index (κ3) is 2.28. The van der Waals surface area contributed by atoms with Gasteiger partial charge in [-0.2, -0.15) is 0 Å². The van der Waals surface area contributed by atoms with E-state index >= 15 is 0 Å². The van der Waals surface area contributed by atoms with Crippen LogP contribution in [0.1, 0.15) is 25.6 Å². The molecule has 0 aliphatic heterocycles. The van der Waals surface area contributed by atoms with Crippen LogP contribution in [0.15, 0.2) is 42.5 Å². The SMILES string of the molecule is CC(C)c1nc2cc(N)ccc2n1-c1cccc(I)c1. The number of imidazole rings is 1. The second kappa shape index (κ2) is 5.09. The van der Waals surface area contributed by atoms with E-state index in [1.165, 1.54) is 3.57 Å². The number of nitrogens with two attached hydrogens (primary N) is 1. The first-order valence-electron chi connectivity index (χ1n) is 6.60. The summed E-state index contributed by atoms with van der Waals surface area (Å²) in [5.41, 5.74) is 9.82. The summed E-state index contributed by atoms with van der Waals surface area (Å²) in [6, 6.07) is 14.4. The van der Waals surface area contributed by atoms with Crippen molar-refractivity contribution in [2.75, 3.05) is 5.73 Å². The maximum absolute atomic E-state index is 5.87. The Kier molecular flexibility index (Phi) is 3.41. The van der Waals surface area contributed by atoms with Crippen LogP contribution in [0.3, 0.4) is 0 Å². The highest BCUT2D eigenvalue weighted by atomic mass is 127. The number of benzene rings is 2. The summed E-state index contributed by atoms with van der Waals surface area (Å²) in [6.07, 6.45) is 0. The van der Waals surface area contributed by atoms with E-state index in [9.17, 15) is 0 Å². The maximum atomic E-state index is 5.87. The zero-order valence-electron chi connectivity index (χ0n) is 11.5. The van der Waals surface area contributed by atoms with Gasteiger partial charge >= 0.3 is 0 Å². The van der Waals surface area contributed by atoms with Crippen LogP contribution in [0, 0.1) is 3.57 Å². The molecule has 1 aromatic heterocycles. The van der Waals surface area contributed by atoms with Crippen LogP contribution in [0.25, 0.3) is 16.7 Å². The van der Waals surface area contributed by atoms with E-state index in [0.29, 0.717) is 5.92 Å². The molecule has 0 fully saturated rings.